The zero-order valence-corrected chi connectivity index (χ0v) is 21.0. The molecule has 5 nitrogen and oxygen atoms in total. The van der Waals surface area contributed by atoms with Crippen LogP contribution in [-0.2, 0) is 27.1 Å². The van der Waals surface area contributed by atoms with Gasteiger partial charge in [0.15, 0.2) is 5.67 Å². The van der Waals surface area contributed by atoms with Crippen LogP contribution in [0.4, 0.5) is 30.7 Å². The summed E-state index contributed by atoms with van der Waals surface area (Å²) in [6, 6.07) is 3.42. The summed E-state index contributed by atoms with van der Waals surface area (Å²) in [4.78, 5) is 21.9. The Balaban J connectivity index is 1.59. The molecule has 1 atom stereocenters. The number of alkyl halides is 7. The number of benzene rings is 1. The van der Waals surface area contributed by atoms with Gasteiger partial charge in [-0.2, -0.15) is 38.1 Å². The molecular weight excluding hydrogens is 574 g/mol. The third-order valence-corrected chi connectivity index (χ3v) is 7.38. The summed E-state index contributed by atoms with van der Waals surface area (Å²) in [5.41, 5.74) is -7.92. The van der Waals surface area contributed by atoms with Crippen molar-refractivity contribution < 1.29 is 40.4 Å². The van der Waals surface area contributed by atoms with E-state index < -0.39 is 51.2 Å². The molecule has 1 saturated heterocycles. The van der Waals surface area contributed by atoms with E-state index in [1.807, 2.05) is 0 Å². The number of hydrogen-bond donors (Lipinski definition) is 0. The van der Waals surface area contributed by atoms with E-state index in [0.29, 0.717) is 6.07 Å². The van der Waals surface area contributed by atoms with Crippen LogP contribution in [0, 0.1) is 0 Å². The van der Waals surface area contributed by atoms with Crippen LogP contribution in [-0.4, -0.2) is 52.8 Å². The van der Waals surface area contributed by atoms with E-state index in [0.717, 1.165) is 6.20 Å². The lowest BCUT2D eigenvalue weighted by molar-refractivity contribution is -0.276. The lowest BCUT2D eigenvalue weighted by Gasteiger charge is -2.43. The number of amides is 1. The van der Waals surface area contributed by atoms with E-state index >= 15 is 4.39 Å². The highest BCUT2D eigenvalue weighted by Gasteiger charge is 2.63. The van der Waals surface area contributed by atoms with Gasteiger partial charge in [0.05, 0.1) is 52.3 Å². The molecule has 1 unspecified atom stereocenters. The van der Waals surface area contributed by atoms with Crippen LogP contribution < -0.4 is 0 Å². The van der Waals surface area contributed by atoms with Crippen molar-refractivity contribution >= 4 is 46.6 Å². The van der Waals surface area contributed by atoms with Crippen molar-refractivity contribution in [3.05, 3.63) is 62.9 Å². The minimum Gasteiger partial charge on any atom is -0.374 e. The van der Waals surface area contributed by atoms with E-state index in [-0.39, 0.29) is 47.8 Å². The monoisotopic (exact) mass is 589 g/mol. The van der Waals surface area contributed by atoms with Gasteiger partial charge in [-0.15, -0.1) is 0 Å². The Morgan fingerprint density at radius 1 is 1.16 bits per heavy atom. The van der Waals surface area contributed by atoms with Gasteiger partial charge in [0, 0.05) is 17.3 Å². The highest BCUT2D eigenvalue weighted by Crippen LogP contribution is 2.51. The summed E-state index contributed by atoms with van der Waals surface area (Å²) in [7, 11) is 0. The molecule has 0 saturated carbocycles. The second-order valence-corrected chi connectivity index (χ2v) is 10.2. The molecule has 0 N–H and O–H groups in total. The van der Waals surface area contributed by atoms with Crippen molar-refractivity contribution in [3.63, 3.8) is 0 Å². The molecule has 1 aromatic heterocycles. The Labute approximate surface area is 219 Å². The van der Waals surface area contributed by atoms with Crippen molar-refractivity contribution in [1.82, 2.24) is 9.88 Å². The van der Waals surface area contributed by atoms with Crippen LogP contribution in [0.3, 0.4) is 0 Å². The minimum atomic E-state index is -5.20. The van der Waals surface area contributed by atoms with Gasteiger partial charge in [-0.05, 0) is 30.5 Å². The van der Waals surface area contributed by atoms with Gasteiger partial charge in [0.2, 0.25) is 5.91 Å². The fourth-order valence-corrected chi connectivity index (χ4v) is 4.89. The van der Waals surface area contributed by atoms with Crippen LogP contribution in [0.15, 0.2) is 35.6 Å². The van der Waals surface area contributed by atoms with Crippen LogP contribution in [0.5, 0.6) is 0 Å². The summed E-state index contributed by atoms with van der Waals surface area (Å²) >= 11 is 12.6. The molecule has 2 aromatic rings. The molecule has 0 radical (unpaired) electrons. The summed E-state index contributed by atoms with van der Waals surface area (Å²) in [6.07, 6.45) is -8.45. The quantitative estimate of drug-likeness (QED) is 0.381. The molecule has 2 aliphatic rings. The number of aromatic nitrogens is 1. The molecule has 200 valence electrons. The number of rotatable bonds is 5. The number of carbonyl (C=O) groups is 1. The summed E-state index contributed by atoms with van der Waals surface area (Å²) in [5, 5.41) is 1.79. The molecule has 3 heterocycles. The van der Waals surface area contributed by atoms with Crippen molar-refractivity contribution in [2.45, 2.75) is 30.0 Å². The number of nitrogens with zero attached hydrogens (tertiary/aromatic N) is 3. The lowest BCUT2D eigenvalue weighted by Crippen LogP contribution is -2.59. The fraction of sp³-hybridized carbons (Fsp3) is 0.409. The van der Waals surface area contributed by atoms with Crippen molar-refractivity contribution in [2.75, 3.05) is 25.1 Å². The van der Waals surface area contributed by atoms with Gasteiger partial charge < -0.3 is 9.74 Å². The molecule has 0 bridgehead atoms. The summed E-state index contributed by atoms with van der Waals surface area (Å²) in [5.74, 6) is -0.0266. The van der Waals surface area contributed by atoms with E-state index in [4.69, 9.17) is 28.0 Å². The van der Waals surface area contributed by atoms with Crippen molar-refractivity contribution in [3.8, 4) is 0 Å². The molecular formula is C22H16Cl2F7N3O2S. The smallest absolute Gasteiger partial charge is 0.374 e. The number of oxime groups is 1. The number of pyridine rings is 1. The first kappa shape index (κ1) is 27.8. The molecule has 0 aliphatic carbocycles. The highest BCUT2D eigenvalue weighted by atomic mass is 35.5. The van der Waals surface area contributed by atoms with Gasteiger partial charge in [0.1, 0.15) is 0 Å². The molecule has 1 amide bonds. The van der Waals surface area contributed by atoms with Gasteiger partial charge in [-0.25, -0.2) is 4.39 Å². The zero-order valence-electron chi connectivity index (χ0n) is 18.7. The van der Waals surface area contributed by atoms with Gasteiger partial charge in [-0.1, -0.05) is 28.4 Å². The predicted molar refractivity (Wildman–Crippen MR) is 123 cm³/mol. The SMILES string of the molecule is CSCC(=O)N1CC(F)(c2ccc(C3=NOC(c4cc(Cl)c(Cl)c(C(F)(F)F)c4)(C(F)(F)F)C3)cn2)C1. The first-order valence-electron chi connectivity index (χ1n) is 10.4. The molecule has 37 heavy (non-hydrogen) atoms. The Hall–Kier alpha value is -2.25. The number of halogens is 9. The number of hydrogen-bond acceptors (Lipinski definition) is 5. The van der Waals surface area contributed by atoms with E-state index in [1.165, 1.54) is 28.8 Å². The molecule has 0 spiro atoms. The van der Waals surface area contributed by atoms with E-state index in [1.54, 1.807) is 6.26 Å². The normalized spacial score (nSPS) is 21.4. The summed E-state index contributed by atoms with van der Waals surface area (Å²) < 4.78 is 97.9. The minimum absolute atomic E-state index is 0.0228. The van der Waals surface area contributed by atoms with Crippen molar-refractivity contribution in [2.24, 2.45) is 5.16 Å². The largest absolute Gasteiger partial charge is 0.435 e. The molecule has 1 fully saturated rings. The maximum atomic E-state index is 15.1. The fourth-order valence-electron chi connectivity index (χ4n) is 4.03. The first-order chi connectivity index (χ1) is 17.1. The van der Waals surface area contributed by atoms with E-state index in [2.05, 4.69) is 10.1 Å². The lowest BCUT2D eigenvalue weighted by atomic mass is 9.85. The second kappa shape index (κ2) is 9.49. The van der Waals surface area contributed by atoms with Gasteiger partial charge in [0.25, 0.3) is 5.60 Å². The molecule has 4 rings (SSSR count). The maximum Gasteiger partial charge on any atom is 0.435 e. The average molecular weight is 590 g/mol. The van der Waals surface area contributed by atoms with Crippen LogP contribution in [0.2, 0.25) is 10.0 Å². The van der Waals surface area contributed by atoms with Gasteiger partial charge in [-0.3, -0.25) is 9.78 Å². The third kappa shape index (κ3) is 4.97. The van der Waals surface area contributed by atoms with Crippen LogP contribution in [0.25, 0.3) is 0 Å². The van der Waals surface area contributed by atoms with Gasteiger partial charge >= 0.3 is 12.4 Å². The molecule has 1 aromatic carbocycles. The third-order valence-electron chi connectivity index (χ3n) is 6.05. The maximum absolute atomic E-state index is 15.1. The van der Waals surface area contributed by atoms with Crippen LogP contribution in [0.1, 0.15) is 28.8 Å². The Morgan fingerprint density at radius 2 is 1.84 bits per heavy atom. The molecule has 2 aliphatic heterocycles. The Morgan fingerprint density at radius 3 is 2.38 bits per heavy atom. The van der Waals surface area contributed by atoms with E-state index in [9.17, 15) is 31.1 Å². The second-order valence-electron chi connectivity index (χ2n) is 8.53. The number of thioether (sulfide) groups is 1. The summed E-state index contributed by atoms with van der Waals surface area (Å²) in [6.45, 7) is -0.419. The standard InChI is InChI=1S/C22H16Cl2F7N3O2S/c1-37-8-17(35)34-9-19(25,10-34)16-3-2-11(7-32-16)15-6-20(36-33-15,22(29,30)31)12-4-13(21(26,27)28)18(24)14(23)5-12/h2-5,7H,6,8-10H2,1H3. The first-order valence-corrected chi connectivity index (χ1v) is 12.6. The van der Waals surface area contributed by atoms with Crippen molar-refractivity contribution in [1.29, 1.82) is 0 Å². The Bertz CT molecular complexity index is 1250. The number of carbonyl (C=O) groups excluding carboxylic acids is 1. The molecule has 15 heteroatoms. The average Bonchev–Trinajstić information content (AvgIpc) is 3.25. The highest BCUT2D eigenvalue weighted by molar-refractivity contribution is 7.99. The Kier molecular flexibility index (Phi) is 7.13. The predicted octanol–water partition coefficient (Wildman–Crippen LogP) is 6.36. The zero-order chi connectivity index (χ0) is 27.4. The number of likely N-dealkylation sites (tertiary alicyclic amines) is 1. The van der Waals surface area contributed by atoms with Crippen LogP contribution >= 0.6 is 35.0 Å². The topological polar surface area (TPSA) is 54.8 Å².